The summed E-state index contributed by atoms with van der Waals surface area (Å²) in [5.74, 6) is 0.817. The van der Waals surface area contributed by atoms with Gasteiger partial charge in [0.05, 0.1) is 12.2 Å². The number of ether oxygens (including phenoxy) is 1. The summed E-state index contributed by atoms with van der Waals surface area (Å²) in [5, 5.41) is 0. The van der Waals surface area contributed by atoms with Crippen LogP contribution in [-0.2, 0) is 0 Å². The highest BCUT2D eigenvalue weighted by Crippen LogP contribution is 2.27. The molecule has 0 radical (unpaired) electrons. The molecule has 23 heavy (non-hydrogen) atoms. The van der Waals surface area contributed by atoms with E-state index in [2.05, 4.69) is 11.8 Å². The van der Waals surface area contributed by atoms with Crippen LogP contribution in [0.15, 0.2) is 24.3 Å². The number of amides is 1. The zero-order valence-corrected chi connectivity index (χ0v) is 14.3. The van der Waals surface area contributed by atoms with Crippen molar-refractivity contribution in [2.45, 2.75) is 51.6 Å². The first-order valence-corrected chi connectivity index (χ1v) is 8.97. The van der Waals surface area contributed by atoms with Gasteiger partial charge in [0.1, 0.15) is 5.75 Å². The van der Waals surface area contributed by atoms with E-state index in [1.807, 2.05) is 36.1 Å². The van der Waals surface area contributed by atoms with Gasteiger partial charge in [0.25, 0.3) is 5.91 Å². The molecule has 2 aliphatic heterocycles. The molecule has 2 fully saturated rings. The molecule has 0 N–H and O–H groups in total. The van der Waals surface area contributed by atoms with Gasteiger partial charge in [-0.3, -0.25) is 9.69 Å². The van der Waals surface area contributed by atoms with E-state index in [0.29, 0.717) is 30.0 Å². The van der Waals surface area contributed by atoms with Crippen molar-refractivity contribution in [2.75, 3.05) is 26.2 Å². The quantitative estimate of drug-likeness (QED) is 0.855. The number of nitrogens with zero attached hydrogens (tertiary/aromatic N) is 2. The number of carbonyl (C=O) groups excluding carboxylic acids is 1. The van der Waals surface area contributed by atoms with Gasteiger partial charge in [-0.15, -0.1) is 0 Å². The minimum absolute atomic E-state index is 0.113. The van der Waals surface area contributed by atoms with Crippen LogP contribution >= 0.6 is 0 Å². The van der Waals surface area contributed by atoms with Crippen molar-refractivity contribution in [1.29, 1.82) is 0 Å². The molecule has 2 saturated heterocycles. The highest BCUT2D eigenvalue weighted by molar-refractivity contribution is 5.97. The Hall–Kier alpha value is -1.55. The van der Waals surface area contributed by atoms with Crippen LogP contribution in [0.5, 0.6) is 5.75 Å². The highest BCUT2D eigenvalue weighted by Gasteiger charge is 2.32. The van der Waals surface area contributed by atoms with E-state index in [1.54, 1.807) is 0 Å². The number of benzene rings is 1. The maximum atomic E-state index is 12.8. The SMILES string of the molecule is CCOc1ccccc1C(=O)N1CCC(N2CCC[C@@H]2C)CC1. The molecule has 0 saturated carbocycles. The minimum Gasteiger partial charge on any atom is -0.493 e. The van der Waals surface area contributed by atoms with Gasteiger partial charge < -0.3 is 9.64 Å². The maximum Gasteiger partial charge on any atom is 0.257 e. The second-order valence-corrected chi connectivity index (χ2v) is 6.68. The summed E-state index contributed by atoms with van der Waals surface area (Å²) in [6.45, 7) is 7.80. The van der Waals surface area contributed by atoms with Crippen molar-refractivity contribution in [1.82, 2.24) is 9.80 Å². The Balaban J connectivity index is 1.62. The lowest BCUT2D eigenvalue weighted by atomic mass is 10.0. The Bertz CT molecular complexity index is 538. The third-order valence-corrected chi connectivity index (χ3v) is 5.24. The molecule has 0 aromatic heterocycles. The van der Waals surface area contributed by atoms with Crippen LogP contribution in [0.4, 0.5) is 0 Å². The zero-order chi connectivity index (χ0) is 16.2. The van der Waals surface area contributed by atoms with Gasteiger partial charge >= 0.3 is 0 Å². The Morgan fingerprint density at radius 1 is 1.17 bits per heavy atom. The summed E-state index contributed by atoms with van der Waals surface area (Å²) < 4.78 is 5.61. The molecule has 0 aliphatic carbocycles. The number of hydrogen-bond acceptors (Lipinski definition) is 3. The fraction of sp³-hybridized carbons (Fsp3) is 0.632. The lowest BCUT2D eigenvalue weighted by Gasteiger charge is -2.38. The van der Waals surface area contributed by atoms with Crippen LogP contribution in [0.3, 0.4) is 0 Å². The lowest BCUT2D eigenvalue weighted by Crippen LogP contribution is -2.47. The molecule has 2 heterocycles. The maximum absolute atomic E-state index is 12.8. The fourth-order valence-electron chi connectivity index (χ4n) is 3.99. The first-order chi connectivity index (χ1) is 11.2. The van der Waals surface area contributed by atoms with Crippen molar-refractivity contribution >= 4 is 5.91 Å². The van der Waals surface area contributed by atoms with E-state index >= 15 is 0 Å². The third kappa shape index (κ3) is 3.52. The number of rotatable bonds is 4. The molecule has 0 bridgehead atoms. The number of piperidine rings is 1. The smallest absolute Gasteiger partial charge is 0.257 e. The molecular weight excluding hydrogens is 288 g/mol. The molecule has 1 atom stereocenters. The Morgan fingerprint density at radius 2 is 1.91 bits per heavy atom. The van der Waals surface area contributed by atoms with E-state index in [9.17, 15) is 4.79 Å². The van der Waals surface area contributed by atoms with Crippen molar-refractivity contribution in [2.24, 2.45) is 0 Å². The predicted molar refractivity (Wildman–Crippen MR) is 91.9 cm³/mol. The monoisotopic (exact) mass is 316 g/mol. The molecule has 0 unspecified atom stereocenters. The van der Waals surface area contributed by atoms with E-state index in [1.165, 1.54) is 19.4 Å². The van der Waals surface area contributed by atoms with Crippen molar-refractivity contribution < 1.29 is 9.53 Å². The second-order valence-electron chi connectivity index (χ2n) is 6.68. The molecule has 4 nitrogen and oxygen atoms in total. The zero-order valence-electron chi connectivity index (χ0n) is 14.3. The summed E-state index contributed by atoms with van der Waals surface area (Å²) in [6, 6.07) is 8.95. The largest absolute Gasteiger partial charge is 0.493 e. The number of para-hydroxylation sites is 1. The van der Waals surface area contributed by atoms with Gasteiger partial charge in [0.2, 0.25) is 0 Å². The predicted octanol–water partition coefficient (Wildman–Crippen LogP) is 3.17. The first-order valence-electron chi connectivity index (χ1n) is 8.97. The molecule has 3 rings (SSSR count). The van der Waals surface area contributed by atoms with Crippen molar-refractivity contribution in [3.8, 4) is 5.75 Å². The van der Waals surface area contributed by atoms with E-state index in [0.717, 1.165) is 25.9 Å². The molecule has 4 heteroatoms. The first kappa shape index (κ1) is 16.3. The fourth-order valence-corrected chi connectivity index (χ4v) is 3.99. The summed E-state index contributed by atoms with van der Waals surface area (Å²) in [7, 11) is 0. The van der Waals surface area contributed by atoms with Crippen LogP contribution in [-0.4, -0.2) is 54.0 Å². The number of hydrogen-bond donors (Lipinski definition) is 0. The normalized spacial score (nSPS) is 23.2. The van der Waals surface area contributed by atoms with Crippen LogP contribution in [0.2, 0.25) is 0 Å². The van der Waals surface area contributed by atoms with Gasteiger partial charge in [0.15, 0.2) is 0 Å². The average Bonchev–Trinajstić information content (AvgIpc) is 3.01. The number of likely N-dealkylation sites (tertiary alicyclic amines) is 2. The summed E-state index contributed by atoms with van der Waals surface area (Å²) in [5.41, 5.74) is 0.697. The van der Waals surface area contributed by atoms with Crippen molar-refractivity contribution in [3.05, 3.63) is 29.8 Å². The highest BCUT2D eigenvalue weighted by atomic mass is 16.5. The number of carbonyl (C=O) groups is 1. The van der Waals surface area contributed by atoms with E-state index in [4.69, 9.17) is 4.74 Å². The van der Waals surface area contributed by atoms with Crippen LogP contribution < -0.4 is 4.74 Å². The Labute approximate surface area is 139 Å². The summed E-state index contributed by atoms with van der Waals surface area (Å²) in [4.78, 5) is 17.5. The van der Waals surface area contributed by atoms with Crippen molar-refractivity contribution in [3.63, 3.8) is 0 Å². The van der Waals surface area contributed by atoms with Gasteiger partial charge in [-0.05, 0) is 58.2 Å². The average molecular weight is 316 g/mol. The van der Waals surface area contributed by atoms with E-state index in [-0.39, 0.29) is 5.91 Å². The van der Waals surface area contributed by atoms with Crippen LogP contribution in [0.1, 0.15) is 49.9 Å². The van der Waals surface area contributed by atoms with Crippen LogP contribution in [0.25, 0.3) is 0 Å². The van der Waals surface area contributed by atoms with Gasteiger partial charge in [0, 0.05) is 25.2 Å². The molecule has 1 aromatic rings. The van der Waals surface area contributed by atoms with Gasteiger partial charge in [-0.1, -0.05) is 12.1 Å². The van der Waals surface area contributed by atoms with Gasteiger partial charge in [-0.25, -0.2) is 0 Å². The molecular formula is C19H28N2O2. The summed E-state index contributed by atoms with van der Waals surface area (Å²) in [6.07, 6.45) is 4.82. The third-order valence-electron chi connectivity index (χ3n) is 5.24. The Morgan fingerprint density at radius 3 is 2.57 bits per heavy atom. The molecule has 1 amide bonds. The van der Waals surface area contributed by atoms with Crippen LogP contribution in [0, 0.1) is 0 Å². The minimum atomic E-state index is 0.113. The molecule has 126 valence electrons. The molecule has 0 spiro atoms. The lowest BCUT2D eigenvalue weighted by molar-refractivity contribution is 0.0607. The summed E-state index contributed by atoms with van der Waals surface area (Å²) >= 11 is 0. The molecule has 2 aliphatic rings. The van der Waals surface area contributed by atoms with E-state index < -0.39 is 0 Å². The molecule has 1 aromatic carbocycles. The topological polar surface area (TPSA) is 32.8 Å². The standard InChI is InChI=1S/C19H28N2O2/c1-3-23-18-9-5-4-8-17(18)19(22)20-13-10-16(11-14-20)21-12-6-7-15(21)2/h4-5,8-9,15-16H,3,6-7,10-14H2,1-2H3/t15-/m0/s1. The van der Waals surface area contributed by atoms with Gasteiger partial charge in [-0.2, -0.15) is 0 Å². The second kappa shape index (κ2) is 7.35. The Kier molecular flexibility index (Phi) is 5.21.